The second-order valence-corrected chi connectivity index (χ2v) is 9.20. The number of ether oxygens (including phenoxy) is 1. The van der Waals surface area contributed by atoms with Crippen LogP contribution in [0.2, 0.25) is 0 Å². The van der Waals surface area contributed by atoms with E-state index in [-0.39, 0.29) is 30.1 Å². The number of hydrogen-bond acceptors (Lipinski definition) is 3. The van der Waals surface area contributed by atoms with Crippen LogP contribution in [-0.2, 0) is 19.7 Å². The van der Waals surface area contributed by atoms with Crippen molar-refractivity contribution in [3.63, 3.8) is 0 Å². The van der Waals surface area contributed by atoms with Gasteiger partial charge in [0.2, 0.25) is 5.91 Å². The van der Waals surface area contributed by atoms with Crippen molar-refractivity contribution in [1.29, 1.82) is 0 Å². The molecule has 32 heavy (non-hydrogen) atoms. The van der Waals surface area contributed by atoms with Gasteiger partial charge in [-0.2, -0.15) is 0 Å². The Bertz CT molecular complexity index is 1020. The third-order valence-corrected chi connectivity index (χ3v) is 7.25. The monoisotopic (exact) mass is 440 g/mol. The summed E-state index contributed by atoms with van der Waals surface area (Å²) in [5.74, 6) is -0.780. The number of anilines is 1. The van der Waals surface area contributed by atoms with Gasteiger partial charge in [0, 0.05) is 12.2 Å². The normalized spacial score (nSPS) is 25.0. The van der Waals surface area contributed by atoms with Crippen molar-refractivity contribution in [2.45, 2.75) is 43.1 Å². The molecule has 2 aliphatic heterocycles. The number of nitrogens with zero attached hydrogens (tertiary/aromatic N) is 2. The van der Waals surface area contributed by atoms with Crippen LogP contribution in [0.1, 0.15) is 37.7 Å². The summed E-state index contributed by atoms with van der Waals surface area (Å²) in [5.41, 5.74) is 0.235. The lowest BCUT2D eigenvalue weighted by atomic mass is 9.77. The van der Waals surface area contributed by atoms with Gasteiger partial charge in [0.25, 0.3) is 5.91 Å². The highest BCUT2D eigenvalue weighted by Gasteiger charge is 2.51. The molecule has 2 aromatic carbocycles. The first-order valence-electron chi connectivity index (χ1n) is 11.2. The van der Waals surface area contributed by atoms with Gasteiger partial charge < -0.3 is 14.5 Å². The third-order valence-electron chi connectivity index (χ3n) is 7.25. The van der Waals surface area contributed by atoms with Crippen LogP contribution < -0.4 is 4.90 Å². The minimum absolute atomic E-state index is 0.0623. The maximum Gasteiger partial charge on any atom is 0.253 e. The van der Waals surface area contributed by atoms with E-state index in [1.165, 1.54) is 24.3 Å². The summed E-state index contributed by atoms with van der Waals surface area (Å²) in [5, 5.41) is 0. The van der Waals surface area contributed by atoms with Gasteiger partial charge in [-0.3, -0.25) is 9.59 Å². The van der Waals surface area contributed by atoms with Crippen molar-refractivity contribution < 1.29 is 23.1 Å². The molecule has 0 bridgehead atoms. The largest absolute Gasteiger partial charge is 0.361 e. The smallest absolute Gasteiger partial charge is 0.253 e. The van der Waals surface area contributed by atoms with Crippen molar-refractivity contribution >= 4 is 17.5 Å². The van der Waals surface area contributed by atoms with Gasteiger partial charge in [0.1, 0.15) is 23.8 Å². The van der Waals surface area contributed by atoms with Crippen LogP contribution in [0.15, 0.2) is 48.5 Å². The Morgan fingerprint density at radius 2 is 1.50 bits per heavy atom. The summed E-state index contributed by atoms with van der Waals surface area (Å²) in [6, 6.07) is 12.2. The summed E-state index contributed by atoms with van der Waals surface area (Å²) in [7, 11) is 0. The van der Waals surface area contributed by atoms with Gasteiger partial charge in [-0.05, 0) is 61.2 Å². The molecule has 7 heteroatoms. The van der Waals surface area contributed by atoms with Gasteiger partial charge >= 0.3 is 0 Å². The minimum atomic E-state index is -0.638. The molecule has 1 unspecified atom stereocenters. The number of hydrogen-bond donors (Lipinski definition) is 0. The molecule has 1 spiro atoms. The first kappa shape index (κ1) is 21.1. The molecular formula is C25H26F2N2O3. The summed E-state index contributed by atoms with van der Waals surface area (Å²) < 4.78 is 32.8. The summed E-state index contributed by atoms with van der Waals surface area (Å²) >= 11 is 0. The van der Waals surface area contributed by atoms with Gasteiger partial charge in [0.15, 0.2) is 0 Å². The molecule has 1 atom stereocenters. The molecule has 168 valence electrons. The average molecular weight is 440 g/mol. The number of rotatable bonds is 3. The molecule has 3 aliphatic rings. The van der Waals surface area contributed by atoms with E-state index >= 15 is 0 Å². The Morgan fingerprint density at radius 1 is 0.875 bits per heavy atom. The van der Waals surface area contributed by atoms with E-state index in [1.807, 2.05) is 4.90 Å². The Kier molecular flexibility index (Phi) is 5.24. The van der Waals surface area contributed by atoms with Crippen molar-refractivity contribution in [2.75, 3.05) is 31.1 Å². The molecule has 1 aliphatic carbocycles. The van der Waals surface area contributed by atoms with Gasteiger partial charge in [-0.25, -0.2) is 8.78 Å². The highest BCUT2D eigenvalue weighted by atomic mass is 19.1. The van der Waals surface area contributed by atoms with Crippen LogP contribution in [-0.4, -0.2) is 48.6 Å². The Hall–Kier alpha value is -2.80. The zero-order chi connectivity index (χ0) is 22.3. The lowest BCUT2D eigenvalue weighted by molar-refractivity contribution is -0.141. The highest BCUT2D eigenvalue weighted by molar-refractivity contribution is 5.95. The number of carbonyl (C=O) groups is 2. The van der Waals surface area contributed by atoms with Crippen LogP contribution in [0.4, 0.5) is 14.5 Å². The number of likely N-dealkylation sites (tertiary alicyclic amines) is 1. The molecule has 5 rings (SSSR count). The SMILES string of the molecule is O=C1COC2(CCN(C(=O)C3(c4ccc(F)cc4)CCCC3)C2)CN1c1ccc(F)cc1. The molecule has 0 N–H and O–H groups in total. The van der Waals surface area contributed by atoms with Crippen molar-refractivity contribution in [2.24, 2.45) is 0 Å². The van der Waals surface area contributed by atoms with E-state index in [9.17, 15) is 18.4 Å². The minimum Gasteiger partial charge on any atom is -0.361 e. The predicted octanol–water partition coefficient (Wildman–Crippen LogP) is 3.81. The third kappa shape index (κ3) is 3.58. The number of morpholine rings is 1. The van der Waals surface area contributed by atoms with E-state index in [4.69, 9.17) is 4.74 Å². The fourth-order valence-electron chi connectivity index (χ4n) is 5.51. The predicted molar refractivity (Wildman–Crippen MR) is 115 cm³/mol. The fourth-order valence-corrected chi connectivity index (χ4v) is 5.51. The molecule has 0 aromatic heterocycles. The Labute approximate surface area is 186 Å². The quantitative estimate of drug-likeness (QED) is 0.729. The first-order chi connectivity index (χ1) is 15.4. The van der Waals surface area contributed by atoms with Crippen LogP contribution in [0, 0.1) is 11.6 Å². The molecule has 2 amide bonds. The number of carbonyl (C=O) groups excluding carboxylic acids is 2. The molecule has 1 saturated carbocycles. The van der Waals surface area contributed by atoms with Crippen LogP contribution in [0.3, 0.4) is 0 Å². The second-order valence-electron chi connectivity index (χ2n) is 9.20. The second kappa shape index (κ2) is 7.96. The molecule has 2 saturated heterocycles. The van der Waals surface area contributed by atoms with Crippen LogP contribution >= 0.6 is 0 Å². The summed E-state index contributed by atoms with van der Waals surface area (Å²) in [6.07, 6.45) is 4.06. The van der Waals surface area contributed by atoms with E-state index < -0.39 is 11.0 Å². The molecule has 5 nitrogen and oxygen atoms in total. The van der Waals surface area contributed by atoms with Crippen molar-refractivity contribution in [1.82, 2.24) is 4.90 Å². The molecule has 2 aromatic rings. The number of benzene rings is 2. The van der Waals surface area contributed by atoms with E-state index in [2.05, 4.69) is 0 Å². The molecular weight excluding hydrogens is 414 g/mol. The van der Waals surface area contributed by atoms with Crippen molar-refractivity contribution in [3.05, 3.63) is 65.7 Å². The topological polar surface area (TPSA) is 49.9 Å². The molecule has 2 heterocycles. The first-order valence-corrected chi connectivity index (χ1v) is 11.2. The van der Waals surface area contributed by atoms with E-state index in [1.54, 1.807) is 29.2 Å². The average Bonchev–Trinajstić information content (AvgIpc) is 3.45. The zero-order valence-electron chi connectivity index (χ0n) is 17.9. The van der Waals surface area contributed by atoms with Crippen molar-refractivity contribution in [3.8, 4) is 0 Å². The van der Waals surface area contributed by atoms with Gasteiger partial charge in [-0.1, -0.05) is 25.0 Å². The molecule has 3 fully saturated rings. The standard InChI is InChI=1S/C25H26F2N2O3/c26-19-5-3-18(4-6-19)25(11-1-2-12-25)23(31)28-14-13-24(16-28)17-29(22(30)15-32-24)21-9-7-20(27)8-10-21/h3-10H,1-2,11-17H2. The van der Waals surface area contributed by atoms with Crippen LogP contribution in [0.5, 0.6) is 0 Å². The fraction of sp³-hybridized carbons (Fsp3) is 0.440. The van der Waals surface area contributed by atoms with E-state index in [0.717, 1.165) is 31.2 Å². The van der Waals surface area contributed by atoms with Gasteiger partial charge in [0.05, 0.1) is 18.5 Å². The Balaban J connectivity index is 1.37. The lowest BCUT2D eigenvalue weighted by Crippen LogP contribution is -2.57. The molecule has 0 radical (unpaired) electrons. The summed E-state index contributed by atoms with van der Waals surface area (Å²) in [4.78, 5) is 29.8. The zero-order valence-corrected chi connectivity index (χ0v) is 17.9. The maximum absolute atomic E-state index is 13.8. The lowest BCUT2D eigenvalue weighted by Gasteiger charge is -2.40. The Morgan fingerprint density at radius 3 is 2.16 bits per heavy atom. The maximum atomic E-state index is 13.8. The summed E-state index contributed by atoms with van der Waals surface area (Å²) in [6.45, 7) is 1.21. The number of amides is 2. The number of halogens is 2. The van der Waals surface area contributed by atoms with Gasteiger partial charge in [-0.15, -0.1) is 0 Å². The van der Waals surface area contributed by atoms with E-state index in [0.29, 0.717) is 31.7 Å². The highest BCUT2D eigenvalue weighted by Crippen LogP contribution is 2.44. The van der Waals surface area contributed by atoms with Crippen LogP contribution in [0.25, 0.3) is 0 Å².